The van der Waals surface area contributed by atoms with Crippen LogP contribution in [0.1, 0.15) is 30.5 Å². The number of hydrazine groups is 1. The van der Waals surface area contributed by atoms with E-state index in [9.17, 15) is 9.50 Å². The van der Waals surface area contributed by atoms with Crippen LogP contribution in [-0.4, -0.2) is 54.3 Å². The smallest absolute Gasteiger partial charge is 0.143 e. The van der Waals surface area contributed by atoms with Crippen LogP contribution in [0.3, 0.4) is 0 Å². The van der Waals surface area contributed by atoms with E-state index in [1.807, 2.05) is 42.1 Å². The maximum absolute atomic E-state index is 13.5. The van der Waals surface area contributed by atoms with Crippen molar-refractivity contribution < 1.29 is 14.2 Å². The van der Waals surface area contributed by atoms with Crippen molar-refractivity contribution in [2.75, 3.05) is 32.1 Å². The zero-order valence-electron chi connectivity index (χ0n) is 20.4. The van der Waals surface area contributed by atoms with E-state index in [2.05, 4.69) is 17.7 Å². The lowest BCUT2D eigenvalue weighted by atomic mass is 9.95. The molecule has 0 bridgehead atoms. The molecular weight excluding hydrogens is 445 g/mol. The van der Waals surface area contributed by atoms with Gasteiger partial charge in [0.15, 0.2) is 0 Å². The standard InChI is InChI=1S/C27H32FN5O2/c1-5-32(17-18(2)29)23-11-6-19(15-25(23)35-4)14-21-12-13-31(3)33-26(24(34)16-30-27(21)33)20-7-9-22(28)10-8-20/h5-11,14-15,17,24,26,34H,1,12-13,16,29H2,2-4H3/b18-17-,21-14+. The predicted molar refractivity (Wildman–Crippen MR) is 138 cm³/mol. The van der Waals surface area contributed by atoms with Gasteiger partial charge in [-0.05, 0) is 60.4 Å². The van der Waals surface area contributed by atoms with E-state index < -0.39 is 6.10 Å². The third-order valence-corrected chi connectivity index (χ3v) is 6.21. The van der Waals surface area contributed by atoms with E-state index in [-0.39, 0.29) is 18.4 Å². The Morgan fingerprint density at radius 2 is 2.03 bits per heavy atom. The molecule has 3 N–H and O–H groups in total. The van der Waals surface area contributed by atoms with Crippen LogP contribution >= 0.6 is 0 Å². The number of ether oxygens (including phenoxy) is 1. The number of halogens is 1. The Hall–Kier alpha value is -3.62. The number of fused-ring (bicyclic) bond motifs is 1. The summed E-state index contributed by atoms with van der Waals surface area (Å²) >= 11 is 0. The normalized spacial score (nSPS) is 22.0. The van der Waals surface area contributed by atoms with Gasteiger partial charge in [0.1, 0.15) is 17.4 Å². The van der Waals surface area contributed by atoms with Gasteiger partial charge in [-0.3, -0.25) is 10.0 Å². The first kappa shape index (κ1) is 24.5. The number of hydrogen-bond donors (Lipinski definition) is 2. The van der Waals surface area contributed by atoms with Crippen molar-refractivity contribution in [1.82, 2.24) is 10.0 Å². The van der Waals surface area contributed by atoms with Crippen LogP contribution in [0.15, 0.2) is 77.7 Å². The monoisotopic (exact) mass is 477 g/mol. The van der Waals surface area contributed by atoms with Gasteiger partial charge in [0.05, 0.1) is 31.5 Å². The number of methoxy groups -OCH3 is 1. The molecule has 2 aliphatic rings. The Morgan fingerprint density at radius 1 is 1.29 bits per heavy atom. The molecule has 1 saturated heterocycles. The number of nitrogens with zero attached hydrogens (tertiary/aromatic N) is 4. The lowest BCUT2D eigenvalue weighted by Crippen LogP contribution is -2.56. The summed E-state index contributed by atoms with van der Waals surface area (Å²) in [7, 11) is 3.61. The largest absolute Gasteiger partial charge is 0.495 e. The fourth-order valence-electron chi connectivity index (χ4n) is 4.57. The fraction of sp³-hybridized carbons (Fsp3) is 0.296. The summed E-state index contributed by atoms with van der Waals surface area (Å²) in [6.45, 7) is 6.72. The first-order valence-electron chi connectivity index (χ1n) is 11.5. The lowest BCUT2D eigenvalue weighted by Gasteiger charge is -2.48. The molecule has 0 aromatic heterocycles. The van der Waals surface area contributed by atoms with E-state index in [4.69, 9.17) is 15.5 Å². The highest BCUT2D eigenvalue weighted by Crippen LogP contribution is 2.36. The topological polar surface area (TPSA) is 77.6 Å². The van der Waals surface area contributed by atoms with Crippen molar-refractivity contribution >= 4 is 17.6 Å². The van der Waals surface area contributed by atoms with E-state index in [1.54, 1.807) is 31.6 Å². The van der Waals surface area contributed by atoms with Crippen molar-refractivity contribution in [3.8, 4) is 5.75 Å². The van der Waals surface area contributed by atoms with E-state index in [1.165, 1.54) is 12.1 Å². The van der Waals surface area contributed by atoms with Gasteiger partial charge in [-0.1, -0.05) is 24.8 Å². The van der Waals surface area contributed by atoms with Crippen molar-refractivity contribution in [1.29, 1.82) is 0 Å². The average molecular weight is 478 g/mol. The first-order valence-corrected chi connectivity index (χ1v) is 11.5. The second kappa shape index (κ2) is 10.3. The molecule has 0 spiro atoms. The number of aliphatic hydroxyl groups excluding tert-OH is 1. The maximum Gasteiger partial charge on any atom is 0.143 e. The van der Waals surface area contributed by atoms with Gasteiger partial charge < -0.3 is 20.5 Å². The van der Waals surface area contributed by atoms with Crippen molar-refractivity contribution in [3.63, 3.8) is 0 Å². The fourth-order valence-corrected chi connectivity index (χ4v) is 4.57. The van der Waals surface area contributed by atoms with Crippen molar-refractivity contribution in [3.05, 3.63) is 89.7 Å². The van der Waals surface area contributed by atoms with Crippen molar-refractivity contribution in [2.24, 2.45) is 10.7 Å². The Labute approximate surface area is 205 Å². The summed E-state index contributed by atoms with van der Waals surface area (Å²) in [6.07, 6.45) is 5.67. The Kier molecular flexibility index (Phi) is 7.23. The second-order valence-corrected chi connectivity index (χ2v) is 8.77. The SMILES string of the molecule is C=CN(/C=C(/C)N)c1ccc(/C=C2\CCN(C)N3C2=NCC(O)C3c2ccc(F)cc2)cc1OC. The van der Waals surface area contributed by atoms with Crippen LogP contribution in [-0.2, 0) is 0 Å². The average Bonchev–Trinajstić information content (AvgIpc) is 2.85. The molecule has 0 radical (unpaired) electrons. The lowest BCUT2D eigenvalue weighted by molar-refractivity contribution is -0.0383. The molecule has 8 heteroatoms. The molecule has 0 saturated carbocycles. The Morgan fingerprint density at radius 3 is 2.69 bits per heavy atom. The number of amidine groups is 1. The Balaban J connectivity index is 1.70. The molecular formula is C27H32FN5O2. The molecule has 4 rings (SSSR count). The van der Waals surface area contributed by atoms with Crippen molar-refractivity contribution in [2.45, 2.75) is 25.5 Å². The van der Waals surface area contributed by atoms with Gasteiger partial charge in [0, 0.05) is 31.7 Å². The third-order valence-electron chi connectivity index (χ3n) is 6.21. The van der Waals surface area contributed by atoms with Gasteiger partial charge in [0.2, 0.25) is 0 Å². The minimum atomic E-state index is -0.700. The zero-order valence-corrected chi connectivity index (χ0v) is 20.4. The number of anilines is 1. The van der Waals surface area contributed by atoms with Gasteiger partial charge in [-0.15, -0.1) is 0 Å². The summed E-state index contributed by atoms with van der Waals surface area (Å²) in [4.78, 5) is 6.54. The van der Waals surface area contributed by atoms with Gasteiger partial charge >= 0.3 is 0 Å². The highest BCUT2D eigenvalue weighted by molar-refractivity contribution is 6.03. The van der Waals surface area contributed by atoms with Crippen LogP contribution in [0.2, 0.25) is 0 Å². The van der Waals surface area contributed by atoms with Crippen LogP contribution in [0.5, 0.6) is 5.75 Å². The highest BCUT2D eigenvalue weighted by Gasteiger charge is 2.39. The number of aliphatic imine (C=N–C) groups is 1. The molecule has 35 heavy (non-hydrogen) atoms. The molecule has 2 unspecified atom stereocenters. The van der Waals surface area contributed by atoms with Gasteiger partial charge in [0.25, 0.3) is 0 Å². The molecule has 2 heterocycles. The summed E-state index contributed by atoms with van der Waals surface area (Å²) < 4.78 is 19.2. The summed E-state index contributed by atoms with van der Waals surface area (Å²) in [5.74, 6) is 1.20. The number of hydrogen-bond acceptors (Lipinski definition) is 7. The first-order chi connectivity index (χ1) is 16.8. The molecule has 2 aromatic carbocycles. The third kappa shape index (κ3) is 5.08. The maximum atomic E-state index is 13.5. The van der Waals surface area contributed by atoms with E-state index in [0.29, 0.717) is 11.4 Å². The summed E-state index contributed by atoms with van der Waals surface area (Å²) in [5.41, 5.74) is 10.2. The minimum absolute atomic E-state index is 0.278. The zero-order chi connectivity index (χ0) is 25.1. The second-order valence-electron chi connectivity index (χ2n) is 8.77. The molecule has 184 valence electrons. The summed E-state index contributed by atoms with van der Waals surface area (Å²) in [5, 5.41) is 14.9. The molecule has 7 nitrogen and oxygen atoms in total. The number of allylic oxidation sites excluding steroid dienone is 1. The quantitative estimate of drug-likeness (QED) is 0.654. The number of rotatable bonds is 6. The van der Waals surface area contributed by atoms with Crippen LogP contribution in [0, 0.1) is 5.82 Å². The predicted octanol–water partition coefficient (Wildman–Crippen LogP) is 4.05. The molecule has 0 aliphatic carbocycles. The Bertz CT molecular complexity index is 1170. The number of nitrogens with two attached hydrogens (primary N) is 1. The number of aliphatic hydroxyl groups is 1. The van der Waals surface area contributed by atoms with Crippen LogP contribution in [0.4, 0.5) is 10.1 Å². The van der Waals surface area contributed by atoms with E-state index in [0.717, 1.165) is 41.2 Å². The minimum Gasteiger partial charge on any atom is -0.495 e. The summed E-state index contributed by atoms with van der Waals surface area (Å²) in [6, 6.07) is 11.9. The number of benzene rings is 2. The van der Waals surface area contributed by atoms with Gasteiger partial charge in [-0.2, -0.15) is 0 Å². The highest BCUT2D eigenvalue weighted by atomic mass is 19.1. The molecule has 1 fully saturated rings. The van der Waals surface area contributed by atoms with Crippen LogP contribution < -0.4 is 15.4 Å². The van der Waals surface area contributed by atoms with E-state index >= 15 is 0 Å². The van der Waals surface area contributed by atoms with Crippen LogP contribution in [0.25, 0.3) is 6.08 Å². The molecule has 2 aliphatic heterocycles. The molecule has 0 amide bonds. The van der Waals surface area contributed by atoms with Gasteiger partial charge in [-0.25, -0.2) is 9.40 Å². The molecule has 2 aromatic rings. The molecule has 2 atom stereocenters.